The number of anilines is 1. The average Bonchev–Trinajstić information content (AvgIpc) is 3.38. The molecule has 5 aromatic rings. The maximum absolute atomic E-state index is 13.8. The first-order chi connectivity index (χ1) is 15.1. The van der Waals surface area contributed by atoms with Gasteiger partial charge in [-0.3, -0.25) is 4.98 Å². The Hall–Kier alpha value is -3.32. The third kappa shape index (κ3) is 3.77. The van der Waals surface area contributed by atoms with Crippen LogP contribution in [0.2, 0.25) is 0 Å². The summed E-state index contributed by atoms with van der Waals surface area (Å²) in [6.07, 6.45) is 5.70. The van der Waals surface area contributed by atoms with Crippen LogP contribution in [0, 0.1) is 5.82 Å². The second-order valence-electron chi connectivity index (χ2n) is 7.85. The second-order valence-corrected chi connectivity index (χ2v) is 8.73. The number of pyridine rings is 1. The Kier molecular flexibility index (Phi) is 5.11. The predicted molar refractivity (Wildman–Crippen MR) is 125 cm³/mol. The largest absolute Gasteiger partial charge is 0.368 e. The Bertz CT molecular complexity index is 1370. The number of hydrogen-bond acceptors (Lipinski definition) is 5. The Morgan fingerprint density at radius 1 is 1.16 bits per heavy atom. The lowest BCUT2D eigenvalue weighted by atomic mass is 10.1. The van der Waals surface area contributed by atoms with Gasteiger partial charge in [-0.25, -0.2) is 14.4 Å². The summed E-state index contributed by atoms with van der Waals surface area (Å²) in [4.78, 5) is 16.8. The van der Waals surface area contributed by atoms with Crippen molar-refractivity contribution in [2.75, 3.05) is 11.9 Å². The minimum absolute atomic E-state index is 0.334. The fourth-order valence-corrected chi connectivity index (χ4v) is 4.92. The van der Waals surface area contributed by atoms with Crippen LogP contribution in [0.15, 0.2) is 54.3 Å². The molecule has 31 heavy (non-hydrogen) atoms. The first-order valence-corrected chi connectivity index (χ1v) is 11.2. The molecule has 0 radical (unpaired) electrons. The quantitative estimate of drug-likeness (QED) is 0.338. The molecule has 2 N–H and O–H groups in total. The Balaban J connectivity index is 1.49. The molecule has 0 spiro atoms. The van der Waals surface area contributed by atoms with Gasteiger partial charge in [0.25, 0.3) is 0 Å². The van der Waals surface area contributed by atoms with Crippen molar-refractivity contribution in [3.05, 3.63) is 71.2 Å². The van der Waals surface area contributed by atoms with Crippen molar-refractivity contribution >= 4 is 38.3 Å². The van der Waals surface area contributed by atoms with Crippen molar-refractivity contribution in [3.63, 3.8) is 0 Å². The highest BCUT2D eigenvalue weighted by atomic mass is 32.1. The summed E-state index contributed by atoms with van der Waals surface area (Å²) >= 11 is 1.64. The molecule has 7 heteroatoms. The maximum atomic E-state index is 13.8. The van der Waals surface area contributed by atoms with Crippen LogP contribution in [0.4, 0.5) is 10.2 Å². The van der Waals surface area contributed by atoms with Crippen LogP contribution in [0.25, 0.3) is 32.5 Å². The molecule has 0 saturated carbocycles. The van der Waals surface area contributed by atoms with E-state index in [2.05, 4.69) is 58.9 Å². The highest BCUT2D eigenvalue weighted by Gasteiger charge is 2.17. The zero-order valence-corrected chi connectivity index (χ0v) is 18.1. The van der Waals surface area contributed by atoms with Gasteiger partial charge in [0.2, 0.25) is 0 Å². The number of aromatic nitrogens is 4. The van der Waals surface area contributed by atoms with Crippen LogP contribution in [-0.2, 0) is 6.42 Å². The van der Waals surface area contributed by atoms with E-state index in [0.717, 1.165) is 34.5 Å². The number of halogens is 1. The molecule has 4 aromatic heterocycles. The van der Waals surface area contributed by atoms with E-state index in [-0.39, 0.29) is 0 Å². The van der Waals surface area contributed by atoms with Crippen molar-refractivity contribution in [1.29, 1.82) is 0 Å². The van der Waals surface area contributed by atoms with Gasteiger partial charge in [-0.1, -0.05) is 32.0 Å². The summed E-state index contributed by atoms with van der Waals surface area (Å²) < 4.78 is 14.8. The lowest BCUT2D eigenvalue weighted by Gasteiger charge is -2.10. The minimum Gasteiger partial charge on any atom is -0.368 e. The third-order valence-electron chi connectivity index (χ3n) is 5.39. The number of thiophene rings is 1. The van der Waals surface area contributed by atoms with Gasteiger partial charge in [0, 0.05) is 35.4 Å². The maximum Gasteiger partial charge on any atom is 0.163 e. The zero-order valence-electron chi connectivity index (χ0n) is 17.3. The summed E-state index contributed by atoms with van der Waals surface area (Å²) in [7, 11) is 0. The SMILES string of the molecule is CC(C)c1csc2c(NCCc3c[nH]c4ccccc34)nc(-c3cncc(F)c3)nc12. The molecule has 0 amide bonds. The monoisotopic (exact) mass is 431 g/mol. The Morgan fingerprint density at radius 3 is 2.87 bits per heavy atom. The highest BCUT2D eigenvalue weighted by molar-refractivity contribution is 7.18. The molecular weight excluding hydrogens is 409 g/mol. The summed E-state index contributed by atoms with van der Waals surface area (Å²) in [5.41, 5.74) is 5.07. The van der Waals surface area contributed by atoms with Gasteiger partial charge >= 0.3 is 0 Å². The summed E-state index contributed by atoms with van der Waals surface area (Å²) in [5, 5.41) is 6.88. The Labute approximate surface area is 183 Å². The molecule has 0 atom stereocenters. The lowest BCUT2D eigenvalue weighted by molar-refractivity contribution is 0.622. The molecule has 0 aliphatic heterocycles. The van der Waals surface area contributed by atoms with Gasteiger partial charge in [-0.15, -0.1) is 11.3 Å². The van der Waals surface area contributed by atoms with Crippen LogP contribution >= 0.6 is 11.3 Å². The fraction of sp³-hybridized carbons (Fsp3) is 0.208. The van der Waals surface area contributed by atoms with Crippen molar-refractivity contribution in [1.82, 2.24) is 19.9 Å². The molecule has 0 bridgehead atoms. The molecule has 4 heterocycles. The van der Waals surface area contributed by atoms with Crippen LogP contribution in [0.1, 0.15) is 30.9 Å². The van der Waals surface area contributed by atoms with E-state index in [9.17, 15) is 4.39 Å². The van der Waals surface area contributed by atoms with E-state index in [4.69, 9.17) is 9.97 Å². The van der Waals surface area contributed by atoms with Crippen molar-refractivity contribution in [2.45, 2.75) is 26.2 Å². The third-order valence-corrected chi connectivity index (χ3v) is 6.38. The highest BCUT2D eigenvalue weighted by Crippen LogP contribution is 2.35. The molecule has 0 unspecified atom stereocenters. The molecule has 0 fully saturated rings. The van der Waals surface area contributed by atoms with Gasteiger partial charge in [0.15, 0.2) is 5.82 Å². The normalized spacial score (nSPS) is 11.6. The molecular formula is C24H22FN5S. The second kappa shape index (κ2) is 8.07. The number of rotatable bonds is 6. The number of H-pyrrole nitrogens is 1. The molecule has 0 aliphatic carbocycles. The number of para-hydroxylation sites is 1. The number of aromatic amines is 1. The Morgan fingerprint density at radius 2 is 2.03 bits per heavy atom. The number of fused-ring (bicyclic) bond motifs is 2. The van der Waals surface area contributed by atoms with Crippen molar-refractivity contribution in [2.24, 2.45) is 0 Å². The summed E-state index contributed by atoms with van der Waals surface area (Å²) in [6.45, 7) is 5.03. The smallest absolute Gasteiger partial charge is 0.163 e. The van der Waals surface area contributed by atoms with Gasteiger partial charge in [-0.05, 0) is 41.0 Å². The van der Waals surface area contributed by atoms with Crippen molar-refractivity contribution in [3.8, 4) is 11.4 Å². The molecule has 5 nitrogen and oxygen atoms in total. The molecule has 0 saturated heterocycles. The predicted octanol–water partition coefficient (Wildman–Crippen LogP) is 6.15. The van der Waals surface area contributed by atoms with E-state index in [1.165, 1.54) is 28.8 Å². The van der Waals surface area contributed by atoms with Gasteiger partial charge < -0.3 is 10.3 Å². The van der Waals surface area contributed by atoms with E-state index in [1.54, 1.807) is 17.5 Å². The van der Waals surface area contributed by atoms with Crippen LogP contribution < -0.4 is 5.32 Å². The average molecular weight is 432 g/mol. The fourth-order valence-electron chi connectivity index (χ4n) is 3.78. The number of benzene rings is 1. The first kappa shape index (κ1) is 19.6. The van der Waals surface area contributed by atoms with E-state index < -0.39 is 5.82 Å². The number of hydrogen-bond donors (Lipinski definition) is 2. The standard InChI is InChI=1S/C24H22FN5S/c1-14(2)19-13-31-22-21(19)29-23(16-9-17(25)12-26-10-16)30-24(22)27-8-7-15-11-28-20-6-4-3-5-18(15)20/h3-6,9-14,28H,7-8H2,1-2H3,(H,27,29,30). The topological polar surface area (TPSA) is 66.5 Å². The van der Waals surface area contributed by atoms with E-state index in [0.29, 0.717) is 17.3 Å². The minimum atomic E-state index is -0.399. The van der Waals surface area contributed by atoms with Crippen LogP contribution in [-0.4, -0.2) is 26.5 Å². The summed E-state index contributed by atoms with van der Waals surface area (Å²) in [5.74, 6) is 1.20. The molecule has 156 valence electrons. The van der Waals surface area contributed by atoms with E-state index >= 15 is 0 Å². The van der Waals surface area contributed by atoms with Crippen LogP contribution in [0.3, 0.4) is 0 Å². The zero-order chi connectivity index (χ0) is 21.4. The van der Waals surface area contributed by atoms with Gasteiger partial charge in [0.05, 0.1) is 16.4 Å². The molecule has 0 aliphatic rings. The summed E-state index contributed by atoms with van der Waals surface area (Å²) in [6, 6.07) is 9.72. The van der Waals surface area contributed by atoms with E-state index in [1.807, 2.05) is 6.07 Å². The van der Waals surface area contributed by atoms with Crippen molar-refractivity contribution < 1.29 is 4.39 Å². The lowest BCUT2D eigenvalue weighted by Crippen LogP contribution is -2.07. The van der Waals surface area contributed by atoms with Gasteiger partial charge in [0.1, 0.15) is 11.6 Å². The number of nitrogens with one attached hydrogen (secondary N) is 2. The number of nitrogens with zero attached hydrogens (tertiary/aromatic N) is 3. The molecule has 5 rings (SSSR count). The first-order valence-electron chi connectivity index (χ1n) is 10.3. The van der Waals surface area contributed by atoms with Gasteiger partial charge in [-0.2, -0.15) is 0 Å². The molecule has 1 aromatic carbocycles. The van der Waals surface area contributed by atoms with Crippen LogP contribution in [0.5, 0.6) is 0 Å².